The SMILES string of the molecule is CC#CCn1c(N2CCNCC2)nc2c1c(=O)n(CCc1ccccc1)c(=O)n2C(=O)Nc1ccccc1. The first-order valence-electron chi connectivity index (χ1n) is 12.6. The molecule has 0 spiro atoms. The Bertz CT molecular complexity index is 1620. The molecule has 1 aliphatic rings. The normalized spacial score (nSPS) is 13.2. The maximum Gasteiger partial charge on any atom is 0.341 e. The molecule has 2 aromatic carbocycles. The Kier molecular flexibility index (Phi) is 7.38. The van der Waals surface area contributed by atoms with E-state index in [1.54, 1.807) is 35.8 Å². The van der Waals surface area contributed by atoms with Crippen LogP contribution in [-0.2, 0) is 19.5 Å². The smallest absolute Gasteiger partial charge is 0.340 e. The van der Waals surface area contributed by atoms with E-state index in [1.807, 2.05) is 41.3 Å². The van der Waals surface area contributed by atoms with Crippen molar-refractivity contribution in [2.45, 2.75) is 26.4 Å². The molecule has 2 N–H and O–H groups in total. The van der Waals surface area contributed by atoms with E-state index in [1.165, 1.54) is 0 Å². The lowest BCUT2D eigenvalue weighted by Crippen LogP contribution is -2.45. The minimum atomic E-state index is -0.732. The van der Waals surface area contributed by atoms with E-state index in [-0.39, 0.29) is 24.3 Å². The molecule has 1 aliphatic heterocycles. The lowest BCUT2D eigenvalue weighted by Gasteiger charge is -2.28. The highest BCUT2D eigenvalue weighted by Gasteiger charge is 2.27. The van der Waals surface area contributed by atoms with E-state index < -0.39 is 17.3 Å². The van der Waals surface area contributed by atoms with E-state index in [0.29, 0.717) is 31.1 Å². The Morgan fingerprint density at radius 3 is 2.37 bits per heavy atom. The van der Waals surface area contributed by atoms with Crippen LogP contribution in [0.15, 0.2) is 70.3 Å². The molecule has 10 heteroatoms. The van der Waals surface area contributed by atoms with Crippen LogP contribution in [0.2, 0.25) is 0 Å². The summed E-state index contributed by atoms with van der Waals surface area (Å²) in [5.74, 6) is 6.42. The van der Waals surface area contributed by atoms with Crippen molar-refractivity contribution in [2.75, 3.05) is 36.4 Å². The summed E-state index contributed by atoms with van der Waals surface area (Å²) in [7, 11) is 0. The highest BCUT2D eigenvalue weighted by molar-refractivity contribution is 5.96. The van der Waals surface area contributed by atoms with Crippen LogP contribution in [0.3, 0.4) is 0 Å². The van der Waals surface area contributed by atoms with Crippen molar-refractivity contribution in [1.29, 1.82) is 0 Å². The molecule has 0 saturated carbocycles. The summed E-state index contributed by atoms with van der Waals surface area (Å²) in [6, 6.07) is 17.8. The van der Waals surface area contributed by atoms with Gasteiger partial charge in [-0.2, -0.15) is 9.55 Å². The fraction of sp³-hybridized carbons (Fsp3) is 0.286. The molecule has 0 bridgehead atoms. The average molecular weight is 512 g/mol. The summed E-state index contributed by atoms with van der Waals surface area (Å²) >= 11 is 0. The second-order valence-electron chi connectivity index (χ2n) is 8.94. The lowest BCUT2D eigenvalue weighted by atomic mass is 10.1. The van der Waals surface area contributed by atoms with Crippen LogP contribution in [0.5, 0.6) is 0 Å². The molecule has 10 nitrogen and oxygen atoms in total. The summed E-state index contributed by atoms with van der Waals surface area (Å²) in [6.45, 7) is 4.90. The van der Waals surface area contributed by atoms with Crippen LogP contribution in [0, 0.1) is 11.8 Å². The van der Waals surface area contributed by atoms with Crippen molar-refractivity contribution < 1.29 is 4.79 Å². The molecule has 0 unspecified atom stereocenters. The van der Waals surface area contributed by atoms with E-state index in [9.17, 15) is 14.4 Å². The van der Waals surface area contributed by atoms with Gasteiger partial charge in [0, 0.05) is 38.4 Å². The van der Waals surface area contributed by atoms with Crippen LogP contribution in [-0.4, -0.2) is 50.9 Å². The molecule has 0 aliphatic carbocycles. The average Bonchev–Trinajstić information content (AvgIpc) is 3.32. The quantitative estimate of drug-likeness (QED) is 0.384. The first-order chi connectivity index (χ1) is 18.6. The minimum Gasteiger partial charge on any atom is -0.340 e. The summed E-state index contributed by atoms with van der Waals surface area (Å²) in [5, 5.41) is 6.08. The van der Waals surface area contributed by atoms with Gasteiger partial charge in [-0.1, -0.05) is 54.5 Å². The van der Waals surface area contributed by atoms with Crippen LogP contribution in [0.4, 0.5) is 16.4 Å². The maximum atomic E-state index is 13.9. The molecule has 3 heterocycles. The number of fused-ring (bicyclic) bond motifs is 1. The Balaban J connectivity index is 1.71. The highest BCUT2D eigenvalue weighted by atomic mass is 16.2. The van der Waals surface area contributed by atoms with Gasteiger partial charge in [0.15, 0.2) is 11.2 Å². The Labute approximate surface area is 219 Å². The summed E-state index contributed by atoms with van der Waals surface area (Å²) < 4.78 is 3.82. The Hall–Kier alpha value is -4.62. The highest BCUT2D eigenvalue weighted by Crippen LogP contribution is 2.21. The molecule has 1 fully saturated rings. The van der Waals surface area contributed by atoms with Gasteiger partial charge in [0.2, 0.25) is 5.95 Å². The number of nitrogens with one attached hydrogen (secondary N) is 2. The lowest BCUT2D eigenvalue weighted by molar-refractivity contribution is 0.252. The van der Waals surface area contributed by atoms with E-state index >= 15 is 0 Å². The molecule has 2 aromatic heterocycles. The number of piperazine rings is 1. The zero-order chi connectivity index (χ0) is 26.5. The molecule has 1 saturated heterocycles. The zero-order valence-electron chi connectivity index (χ0n) is 21.2. The van der Waals surface area contributed by atoms with Gasteiger partial charge >= 0.3 is 11.7 Å². The number of benzene rings is 2. The molecule has 194 valence electrons. The number of imidazole rings is 1. The second kappa shape index (κ2) is 11.2. The van der Waals surface area contributed by atoms with Crippen molar-refractivity contribution in [2.24, 2.45) is 0 Å². The number of carbonyl (C=O) groups excluding carboxylic acids is 1. The number of para-hydroxylation sites is 1. The number of hydrogen-bond donors (Lipinski definition) is 2. The molecule has 0 atom stereocenters. The topological polar surface area (TPSA) is 106 Å². The fourth-order valence-corrected chi connectivity index (χ4v) is 4.60. The molecule has 5 rings (SSSR count). The third kappa shape index (κ3) is 4.96. The van der Waals surface area contributed by atoms with Gasteiger partial charge in [0.1, 0.15) is 0 Å². The van der Waals surface area contributed by atoms with Crippen molar-refractivity contribution in [3.63, 3.8) is 0 Å². The zero-order valence-corrected chi connectivity index (χ0v) is 21.2. The number of carbonyl (C=O) groups is 1. The van der Waals surface area contributed by atoms with Gasteiger partial charge in [-0.3, -0.25) is 13.9 Å². The number of hydrogen-bond acceptors (Lipinski definition) is 6. The van der Waals surface area contributed by atoms with Crippen LogP contribution in [0.1, 0.15) is 12.5 Å². The van der Waals surface area contributed by atoms with Crippen molar-refractivity contribution in [3.05, 3.63) is 87.1 Å². The third-order valence-electron chi connectivity index (χ3n) is 6.52. The van der Waals surface area contributed by atoms with Gasteiger partial charge in [-0.05, 0) is 31.0 Å². The van der Waals surface area contributed by atoms with Crippen LogP contribution >= 0.6 is 0 Å². The Morgan fingerprint density at radius 1 is 1.00 bits per heavy atom. The van der Waals surface area contributed by atoms with E-state index in [2.05, 4.69) is 22.5 Å². The number of amides is 1. The number of anilines is 2. The summed E-state index contributed by atoms with van der Waals surface area (Å²) in [4.78, 5) is 47.9. The Morgan fingerprint density at radius 2 is 1.68 bits per heavy atom. The first kappa shape index (κ1) is 25.0. The molecule has 1 amide bonds. The van der Waals surface area contributed by atoms with Crippen molar-refractivity contribution in [1.82, 2.24) is 24.0 Å². The standard InChI is InChI=1S/C28H29N7O3/c1-2-3-17-33-23-24(31-26(33)32-19-15-29-16-20-32)35(27(37)30-22-12-8-5-9-13-22)28(38)34(25(23)36)18-14-21-10-6-4-7-11-21/h4-13,29H,14-20H2,1H3,(H,30,37). The second-order valence-corrected chi connectivity index (χ2v) is 8.94. The van der Waals surface area contributed by atoms with Gasteiger partial charge in [-0.25, -0.2) is 9.59 Å². The number of aromatic nitrogens is 4. The molecule has 0 radical (unpaired) electrons. The van der Waals surface area contributed by atoms with Gasteiger partial charge in [0.05, 0.1) is 6.54 Å². The van der Waals surface area contributed by atoms with E-state index in [0.717, 1.165) is 27.8 Å². The predicted molar refractivity (Wildman–Crippen MR) is 148 cm³/mol. The molecule has 4 aromatic rings. The number of nitrogens with zero attached hydrogens (tertiary/aromatic N) is 5. The van der Waals surface area contributed by atoms with Crippen LogP contribution in [0.25, 0.3) is 11.2 Å². The van der Waals surface area contributed by atoms with Gasteiger partial charge in [-0.15, -0.1) is 5.92 Å². The van der Waals surface area contributed by atoms with Crippen molar-refractivity contribution >= 4 is 28.8 Å². The van der Waals surface area contributed by atoms with Gasteiger partial charge < -0.3 is 15.5 Å². The van der Waals surface area contributed by atoms with Crippen molar-refractivity contribution in [3.8, 4) is 11.8 Å². The number of rotatable bonds is 6. The summed E-state index contributed by atoms with van der Waals surface area (Å²) in [6.07, 6.45) is 0.454. The summed E-state index contributed by atoms with van der Waals surface area (Å²) in [5.41, 5.74) is 0.485. The third-order valence-corrected chi connectivity index (χ3v) is 6.52. The first-order valence-corrected chi connectivity index (χ1v) is 12.6. The molecule has 38 heavy (non-hydrogen) atoms. The largest absolute Gasteiger partial charge is 0.341 e. The van der Waals surface area contributed by atoms with E-state index in [4.69, 9.17) is 4.98 Å². The predicted octanol–water partition coefficient (Wildman–Crippen LogP) is 2.12. The fourth-order valence-electron chi connectivity index (χ4n) is 4.60. The number of aryl methyl sites for hydroxylation is 1. The molecular weight excluding hydrogens is 482 g/mol. The monoisotopic (exact) mass is 511 g/mol. The molecular formula is C28H29N7O3. The maximum absolute atomic E-state index is 13.9. The van der Waals surface area contributed by atoms with Gasteiger partial charge in [0.25, 0.3) is 5.56 Å². The minimum absolute atomic E-state index is 0.0239. The van der Waals surface area contributed by atoms with Crippen LogP contribution < -0.4 is 26.8 Å².